The molecular formula is C14H12N4O. The number of hydrogen-bond donors (Lipinski definition) is 1. The number of primary amides is 1. The van der Waals surface area contributed by atoms with Crippen LogP contribution in [0, 0.1) is 6.92 Å². The molecule has 1 aromatic carbocycles. The Morgan fingerprint density at radius 2 is 2.05 bits per heavy atom. The molecular weight excluding hydrogens is 240 g/mol. The summed E-state index contributed by atoms with van der Waals surface area (Å²) in [4.78, 5) is 16.1. The van der Waals surface area contributed by atoms with Gasteiger partial charge in [0.2, 0.25) is 5.91 Å². The summed E-state index contributed by atoms with van der Waals surface area (Å²) >= 11 is 0. The second-order valence-corrected chi connectivity index (χ2v) is 4.31. The molecule has 0 bridgehead atoms. The third-order valence-corrected chi connectivity index (χ3v) is 2.93. The number of amides is 1. The van der Waals surface area contributed by atoms with E-state index < -0.39 is 5.91 Å². The predicted molar refractivity (Wildman–Crippen MR) is 72.1 cm³/mol. The first kappa shape index (κ1) is 11.4. The smallest absolute Gasteiger partial charge is 0.249 e. The molecule has 0 saturated heterocycles. The van der Waals surface area contributed by atoms with Crippen molar-refractivity contribution >= 4 is 16.8 Å². The van der Waals surface area contributed by atoms with Crippen molar-refractivity contribution in [3.63, 3.8) is 0 Å². The maximum Gasteiger partial charge on any atom is 0.249 e. The first-order valence-corrected chi connectivity index (χ1v) is 5.87. The summed E-state index contributed by atoms with van der Waals surface area (Å²) in [7, 11) is 0. The molecule has 0 aliphatic carbocycles. The fourth-order valence-corrected chi connectivity index (χ4v) is 2.03. The van der Waals surface area contributed by atoms with Gasteiger partial charge in [-0.15, -0.1) is 0 Å². The topological polar surface area (TPSA) is 73.8 Å². The van der Waals surface area contributed by atoms with Gasteiger partial charge in [0.25, 0.3) is 0 Å². The highest BCUT2D eigenvalue weighted by molar-refractivity contribution is 6.05. The predicted octanol–water partition coefficient (Wildman–Crippen LogP) is 1.83. The Balaban J connectivity index is 2.30. The molecule has 0 atom stereocenters. The van der Waals surface area contributed by atoms with Crippen LogP contribution in [0.15, 0.2) is 42.6 Å². The van der Waals surface area contributed by atoms with E-state index >= 15 is 0 Å². The van der Waals surface area contributed by atoms with Crippen LogP contribution in [0.4, 0.5) is 0 Å². The van der Waals surface area contributed by atoms with Crippen molar-refractivity contribution in [2.45, 2.75) is 6.92 Å². The Kier molecular flexibility index (Phi) is 2.52. The fourth-order valence-electron chi connectivity index (χ4n) is 2.03. The number of carbonyl (C=O) groups is 1. The Bertz CT molecular complexity index is 776. The molecule has 2 aromatic heterocycles. The number of benzene rings is 1. The van der Waals surface area contributed by atoms with Crippen molar-refractivity contribution < 1.29 is 4.79 Å². The number of fused-ring (bicyclic) bond motifs is 1. The van der Waals surface area contributed by atoms with Gasteiger partial charge >= 0.3 is 0 Å². The molecule has 0 aliphatic rings. The molecule has 2 heterocycles. The number of aromatic nitrogens is 3. The van der Waals surface area contributed by atoms with Gasteiger partial charge in [-0.05, 0) is 25.1 Å². The van der Waals surface area contributed by atoms with Crippen molar-refractivity contribution in [2.75, 3.05) is 0 Å². The van der Waals surface area contributed by atoms with E-state index in [-0.39, 0.29) is 0 Å². The van der Waals surface area contributed by atoms with Gasteiger partial charge in [0.1, 0.15) is 0 Å². The van der Waals surface area contributed by atoms with E-state index in [2.05, 4.69) is 10.1 Å². The number of rotatable bonds is 2. The Labute approximate surface area is 109 Å². The van der Waals surface area contributed by atoms with E-state index in [4.69, 9.17) is 5.73 Å². The van der Waals surface area contributed by atoms with Gasteiger partial charge in [-0.1, -0.05) is 18.2 Å². The molecule has 0 unspecified atom stereocenters. The second kappa shape index (κ2) is 4.20. The van der Waals surface area contributed by atoms with Gasteiger partial charge in [0, 0.05) is 11.6 Å². The van der Waals surface area contributed by atoms with E-state index in [1.165, 1.54) is 0 Å². The summed E-state index contributed by atoms with van der Waals surface area (Å²) in [5.41, 5.74) is 7.50. The van der Waals surface area contributed by atoms with Crippen LogP contribution < -0.4 is 5.73 Å². The SMILES string of the molecule is Cc1ccn(-c2cc(C(N)=O)c3ccccc3n2)n1. The number of carbonyl (C=O) groups excluding carboxylic acids is 1. The molecule has 2 N–H and O–H groups in total. The molecule has 94 valence electrons. The summed E-state index contributed by atoms with van der Waals surface area (Å²) in [6.07, 6.45) is 1.80. The molecule has 5 nitrogen and oxygen atoms in total. The van der Waals surface area contributed by atoms with Crippen LogP contribution in [0.5, 0.6) is 0 Å². The van der Waals surface area contributed by atoms with Gasteiger partial charge in [-0.3, -0.25) is 4.79 Å². The minimum Gasteiger partial charge on any atom is -0.366 e. The van der Waals surface area contributed by atoms with Crippen LogP contribution in [0.3, 0.4) is 0 Å². The van der Waals surface area contributed by atoms with Crippen LogP contribution in [-0.4, -0.2) is 20.7 Å². The van der Waals surface area contributed by atoms with E-state index in [0.717, 1.165) is 16.6 Å². The van der Waals surface area contributed by atoms with E-state index in [1.54, 1.807) is 16.9 Å². The number of nitrogens with two attached hydrogens (primary N) is 1. The zero-order chi connectivity index (χ0) is 13.4. The number of aryl methyl sites for hydroxylation is 1. The van der Waals surface area contributed by atoms with Gasteiger partial charge < -0.3 is 5.73 Å². The van der Waals surface area contributed by atoms with Crippen molar-refractivity contribution in [1.29, 1.82) is 0 Å². The van der Waals surface area contributed by atoms with E-state index in [1.807, 2.05) is 37.3 Å². The van der Waals surface area contributed by atoms with Crippen LogP contribution in [-0.2, 0) is 0 Å². The van der Waals surface area contributed by atoms with Crippen LogP contribution in [0.25, 0.3) is 16.7 Å². The molecule has 3 aromatic rings. The fraction of sp³-hybridized carbons (Fsp3) is 0.0714. The molecule has 0 radical (unpaired) electrons. The number of para-hydroxylation sites is 1. The number of pyridine rings is 1. The molecule has 1 amide bonds. The maximum atomic E-state index is 11.6. The van der Waals surface area contributed by atoms with Gasteiger partial charge in [0.05, 0.1) is 16.8 Å². The lowest BCUT2D eigenvalue weighted by Crippen LogP contribution is -2.13. The molecule has 0 fully saturated rings. The second-order valence-electron chi connectivity index (χ2n) is 4.31. The average Bonchev–Trinajstić information content (AvgIpc) is 2.84. The maximum absolute atomic E-state index is 11.6. The minimum absolute atomic E-state index is 0.453. The van der Waals surface area contributed by atoms with Gasteiger partial charge in [0.15, 0.2) is 5.82 Å². The third kappa shape index (κ3) is 1.95. The Hall–Kier alpha value is -2.69. The van der Waals surface area contributed by atoms with Crippen LogP contribution in [0.1, 0.15) is 16.1 Å². The molecule has 0 spiro atoms. The van der Waals surface area contributed by atoms with Crippen molar-refractivity contribution in [3.05, 3.63) is 53.9 Å². The summed E-state index contributed by atoms with van der Waals surface area (Å²) in [5, 5.41) is 5.04. The zero-order valence-electron chi connectivity index (χ0n) is 10.4. The minimum atomic E-state index is -0.469. The summed E-state index contributed by atoms with van der Waals surface area (Å²) < 4.78 is 1.63. The molecule has 3 rings (SSSR count). The molecule has 0 aliphatic heterocycles. The summed E-state index contributed by atoms with van der Waals surface area (Å²) in [6.45, 7) is 1.90. The first-order valence-electron chi connectivity index (χ1n) is 5.87. The lowest BCUT2D eigenvalue weighted by Gasteiger charge is -2.07. The average molecular weight is 252 g/mol. The molecule has 0 saturated carbocycles. The standard InChI is InChI=1S/C14H12N4O/c1-9-6-7-18(17-9)13-8-11(14(15)19)10-4-2-3-5-12(10)16-13/h2-8H,1H3,(H2,15,19). The van der Waals surface area contributed by atoms with Gasteiger partial charge in [-0.25, -0.2) is 9.67 Å². The number of hydrogen-bond acceptors (Lipinski definition) is 3. The zero-order valence-corrected chi connectivity index (χ0v) is 10.4. The third-order valence-electron chi connectivity index (χ3n) is 2.93. The highest BCUT2D eigenvalue weighted by Crippen LogP contribution is 2.19. The van der Waals surface area contributed by atoms with Gasteiger partial charge in [-0.2, -0.15) is 5.10 Å². The Morgan fingerprint density at radius 1 is 1.26 bits per heavy atom. The van der Waals surface area contributed by atoms with Crippen molar-refractivity contribution in [1.82, 2.24) is 14.8 Å². The van der Waals surface area contributed by atoms with Crippen molar-refractivity contribution in [2.24, 2.45) is 5.73 Å². The number of nitrogens with zero attached hydrogens (tertiary/aromatic N) is 3. The largest absolute Gasteiger partial charge is 0.366 e. The highest BCUT2D eigenvalue weighted by atomic mass is 16.1. The first-order chi connectivity index (χ1) is 9.15. The van der Waals surface area contributed by atoms with Crippen LogP contribution >= 0.6 is 0 Å². The Morgan fingerprint density at radius 3 is 2.74 bits per heavy atom. The lowest BCUT2D eigenvalue weighted by molar-refractivity contribution is 0.100. The summed E-state index contributed by atoms with van der Waals surface area (Å²) in [6, 6.07) is 11.0. The highest BCUT2D eigenvalue weighted by Gasteiger charge is 2.11. The van der Waals surface area contributed by atoms with Crippen molar-refractivity contribution in [3.8, 4) is 5.82 Å². The van der Waals surface area contributed by atoms with E-state index in [0.29, 0.717) is 11.4 Å². The normalized spacial score (nSPS) is 10.8. The quantitative estimate of drug-likeness (QED) is 0.756. The van der Waals surface area contributed by atoms with E-state index in [9.17, 15) is 4.79 Å². The molecule has 5 heteroatoms. The lowest BCUT2D eigenvalue weighted by atomic mass is 10.1. The monoisotopic (exact) mass is 252 g/mol. The van der Waals surface area contributed by atoms with Crippen LogP contribution in [0.2, 0.25) is 0 Å². The summed E-state index contributed by atoms with van der Waals surface area (Å²) in [5.74, 6) is 0.115. The molecule has 19 heavy (non-hydrogen) atoms.